The summed E-state index contributed by atoms with van der Waals surface area (Å²) in [6, 6.07) is 9.07. The molecule has 4 heteroatoms. The van der Waals surface area contributed by atoms with Gasteiger partial charge in [0.2, 0.25) is 5.91 Å². The molecular formula is C13H21N3O. The SMILES string of the molecule is CN(C(=O)[C@@H](N)CCCCN)c1ccccc1. The van der Waals surface area contributed by atoms with Crippen molar-refractivity contribution < 1.29 is 4.79 Å². The minimum absolute atomic E-state index is 0.0479. The van der Waals surface area contributed by atoms with E-state index in [4.69, 9.17) is 11.5 Å². The Morgan fingerprint density at radius 1 is 1.29 bits per heavy atom. The predicted octanol–water partition coefficient (Wildman–Crippen LogP) is 1.11. The van der Waals surface area contributed by atoms with Crippen LogP contribution in [0.3, 0.4) is 0 Å². The number of likely N-dealkylation sites (N-methyl/N-ethyl adjacent to an activating group) is 1. The zero-order valence-electron chi connectivity index (χ0n) is 10.3. The summed E-state index contributed by atoms with van der Waals surface area (Å²) in [5, 5.41) is 0. The highest BCUT2D eigenvalue weighted by Crippen LogP contribution is 2.13. The van der Waals surface area contributed by atoms with E-state index in [9.17, 15) is 4.79 Å². The van der Waals surface area contributed by atoms with Crippen molar-refractivity contribution in [3.05, 3.63) is 30.3 Å². The Bertz CT molecular complexity index is 340. The molecule has 4 nitrogen and oxygen atoms in total. The van der Waals surface area contributed by atoms with Gasteiger partial charge in [-0.05, 0) is 31.5 Å². The Morgan fingerprint density at radius 2 is 1.94 bits per heavy atom. The van der Waals surface area contributed by atoms with Crippen LogP contribution in [0, 0.1) is 0 Å². The monoisotopic (exact) mass is 235 g/mol. The second kappa shape index (κ2) is 7.04. The molecule has 1 rings (SSSR count). The fourth-order valence-corrected chi connectivity index (χ4v) is 1.66. The van der Waals surface area contributed by atoms with Crippen molar-refractivity contribution in [1.82, 2.24) is 0 Å². The van der Waals surface area contributed by atoms with Crippen molar-refractivity contribution >= 4 is 11.6 Å². The first-order valence-corrected chi connectivity index (χ1v) is 5.95. The molecule has 0 spiro atoms. The molecule has 0 unspecified atom stereocenters. The first-order chi connectivity index (χ1) is 8.16. The number of hydrogen-bond donors (Lipinski definition) is 2. The molecule has 0 aliphatic heterocycles. The van der Waals surface area contributed by atoms with Crippen LogP contribution in [0.25, 0.3) is 0 Å². The van der Waals surface area contributed by atoms with E-state index >= 15 is 0 Å². The van der Waals surface area contributed by atoms with Crippen LogP contribution < -0.4 is 16.4 Å². The molecule has 94 valence electrons. The summed E-state index contributed by atoms with van der Waals surface area (Å²) in [5.41, 5.74) is 12.1. The lowest BCUT2D eigenvalue weighted by Crippen LogP contribution is -2.41. The molecule has 0 radical (unpaired) electrons. The molecule has 0 fully saturated rings. The molecule has 1 aromatic carbocycles. The summed E-state index contributed by atoms with van der Waals surface area (Å²) in [5.74, 6) is -0.0479. The van der Waals surface area contributed by atoms with Crippen molar-refractivity contribution in [1.29, 1.82) is 0 Å². The Morgan fingerprint density at radius 3 is 2.53 bits per heavy atom. The average Bonchev–Trinajstić information content (AvgIpc) is 2.38. The van der Waals surface area contributed by atoms with Crippen LogP contribution in [0.2, 0.25) is 0 Å². The largest absolute Gasteiger partial charge is 0.330 e. The quantitative estimate of drug-likeness (QED) is 0.725. The summed E-state index contributed by atoms with van der Waals surface area (Å²) in [6.45, 7) is 0.648. The number of benzene rings is 1. The Balaban J connectivity index is 2.51. The van der Waals surface area contributed by atoms with Gasteiger partial charge in [0.15, 0.2) is 0 Å². The number of carbonyl (C=O) groups excluding carboxylic acids is 1. The summed E-state index contributed by atoms with van der Waals surface area (Å²) >= 11 is 0. The van der Waals surface area contributed by atoms with Gasteiger partial charge in [-0.3, -0.25) is 4.79 Å². The van der Waals surface area contributed by atoms with Crippen molar-refractivity contribution in [2.45, 2.75) is 25.3 Å². The molecule has 0 bridgehead atoms. The van der Waals surface area contributed by atoms with Crippen molar-refractivity contribution in [3.63, 3.8) is 0 Å². The van der Waals surface area contributed by atoms with Crippen LogP contribution in [-0.4, -0.2) is 25.5 Å². The first-order valence-electron chi connectivity index (χ1n) is 5.95. The van der Waals surface area contributed by atoms with Gasteiger partial charge in [0.1, 0.15) is 0 Å². The van der Waals surface area contributed by atoms with Gasteiger partial charge in [-0.1, -0.05) is 24.6 Å². The third kappa shape index (κ3) is 4.17. The second-order valence-electron chi connectivity index (χ2n) is 4.12. The van der Waals surface area contributed by atoms with Crippen LogP contribution in [0.5, 0.6) is 0 Å². The number of amides is 1. The number of nitrogens with two attached hydrogens (primary N) is 2. The van der Waals surface area contributed by atoms with Crippen molar-refractivity contribution in [3.8, 4) is 0 Å². The summed E-state index contributed by atoms with van der Waals surface area (Å²) in [6.07, 6.45) is 2.50. The van der Waals surface area contributed by atoms with Crippen LogP contribution in [0.15, 0.2) is 30.3 Å². The fraction of sp³-hybridized carbons (Fsp3) is 0.462. The minimum atomic E-state index is -0.438. The number of unbranched alkanes of at least 4 members (excludes halogenated alkanes) is 1. The van der Waals surface area contributed by atoms with E-state index < -0.39 is 6.04 Å². The van der Waals surface area contributed by atoms with E-state index in [0.717, 1.165) is 18.5 Å². The van der Waals surface area contributed by atoms with Crippen LogP contribution in [-0.2, 0) is 4.79 Å². The smallest absolute Gasteiger partial charge is 0.243 e. The standard InChI is InChI=1S/C13H21N3O/c1-16(11-7-3-2-4-8-11)13(17)12(15)9-5-6-10-14/h2-4,7-8,12H,5-6,9-10,14-15H2,1H3/t12-/m0/s1. The van der Waals surface area contributed by atoms with Gasteiger partial charge in [0.25, 0.3) is 0 Å². The highest BCUT2D eigenvalue weighted by atomic mass is 16.2. The number of hydrogen-bond acceptors (Lipinski definition) is 3. The fourth-order valence-electron chi connectivity index (χ4n) is 1.66. The lowest BCUT2D eigenvalue weighted by molar-refractivity contribution is -0.119. The molecule has 0 saturated heterocycles. The third-order valence-electron chi connectivity index (χ3n) is 2.76. The lowest BCUT2D eigenvalue weighted by atomic mass is 10.1. The van der Waals surface area contributed by atoms with Gasteiger partial charge in [0, 0.05) is 12.7 Å². The van der Waals surface area contributed by atoms with E-state index in [-0.39, 0.29) is 5.91 Å². The maximum Gasteiger partial charge on any atom is 0.243 e. The number of nitrogens with zero attached hydrogens (tertiary/aromatic N) is 1. The van der Waals surface area contributed by atoms with E-state index in [1.165, 1.54) is 0 Å². The van der Waals surface area contributed by atoms with E-state index in [1.54, 1.807) is 11.9 Å². The molecule has 0 heterocycles. The van der Waals surface area contributed by atoms with Crippen LogP contribution >= 0.6 is 0 Å². The Kier molecular flexibility index (Phi) is 5.66. The number of carbonyl (C=O) groups is 1. The van der Waals surface area contributed by atoms with Gasteiger partial charge in [-0.2, -0.15) is 0 Å². The maximum absolute atomic E-state index is 12.0. The van der Waals surface area contributed by atoms with Crippen LogP contribution in [0.4, 0.5) is 5.69 Å². The van der Waals surface area contributed by atoms with Gasteiger partial charge >= 0.3 is 0 Å². The van der Waals surface area contributed by atoms with Crippen molar-refractivity contribution in [2.75, 3.05) is 18.5 Å². The lowest BCUT2D eigenvalue weighted by Gasteiger charge is -2.21. The summed E-state index contributed by atoms with van der Waals surface area (Å²) in [7, 11) is 1.75. The van der Waals surface area contributed by atoms with E-state index in [1.807, 2.05) is 30.3 Å². The maximum atomic E-state index is 12.0. The van der Waals surface area contributed by atoms with Crippen LogP contribution in [0.1, 0.15) is 19.3 Å². The zero-order chi connectivity index (χ0) is 12.7. The molecule has 1 aromatic rings. The van der Waals surface area contributed by atoms with E-state index in [0.29, 0.717) is 13.0 Å². The van der Waals surface area contributed by atoms with Gasteiger partial charge < -0.3 is 16.4 Å². The summed E-state index contributed by atoms with van der Waals surface area (Å²) in [4.78, 5) is 13.6. The number of anilines is 1. The average molecular weight is 235 g/mol. The second-order valence-corrected chi connectivity index (χ2v) is 4.12. The molecule has 4 N–H and O–H groups in total. The molecule has 1 amide bonds. The van der Waals surface area contributed by atoms with Gasteiger partial charge in [-0.25, -0.2) is 0 Å². The van der Waals surface area contributed by atoms with Gasteiger partial charge in [-0.15, -0.1) is 0 Å². The highest BCUT2D eigenvalue weighted by molar-refractivity contribution is 5.96. The highest BCUT2D eigenvalue weighted by Gasteiger charge is 2.18. The normalized spacial score (nSPS) is 12.2. The predicted molar refractivity (Wildman–Crippen MR) is 70.7 cm³/mol. The van der Waals surface area contributed by atoms with E-state index in [2.05, 4.69) is 0 Å². The minimum Gasteiger partial charge on any atom is -0.330 e. The molecule has 17 heavy (non-hydrogen) atoms. The molecule has 0 aliphatic carbocycles. The molecule has 1 atom stereocenters. The zero-order valence-corrected chi connectivity index (χ0v) is 10.3. The third-order valence-corrected chi connectivity index (χ3v) is 2.76. The molecule has 0 aromatic heterocycles. The number of para-hydroxylation sites is 1. The first kappa shape index (κ1) is 13.7. The molecular weight excluding hydrogens is 214 g/mol. The Hall–Kier alpha value is -1.39. The molecule has 0 aliphatic rings. The molecule has 0 saturated carbocycles. The van der Waals surface area contributed by atoms with Gasteiger partial charge in [0.05, 0.1) is 6.04 Å². The van der Waals surface area contributed by atoms with Crippen molar-refractivity contribution in [2.24, 2.45) is 11.5 Å². The topological polar surface area (TPSA) is 72.3 Å². The Labute approximate surface area is 103 Å². The number of rotatable bonds is 6. The summed E-state index contributed by atoms with van der Waals surface area (Å²) < 4.78 is 0.